The molecule has 0 atom stereocenters. The first-order valence-corrected chi connectivity index (χ1v) is 7.57. The van der Waals surface area contributed by atoms with E-state index in [-0.39, 0.29) is 0 Å². The van der Waals surface area contributed by atoms with Gasteiger partial charge in [-0.05, 0) is 48.6 Å². The largest absolute Gasteiger partial charge is 0.337 e. The van der Waals surface area contributed by atoms with Crippen LogP contribution in [0.5, 0.6) is 0 Å². The molecular weight excluding hydrogens is 272 g/mol. The number of aryl methyl sites for hydroxylation is 1. The lowest BCUT2D eigenvalue weighted by Gasteiger charge is -2.08. The molecule has 112 valence electrons. The van der Waals surface area contributed by atoms with Gasteiger partial charge in [-0.1, -0.05) is 18.7 Å². The van der Waals surface area contributed by atoms with Crippen molar-refractivity contribution in [1.29, 1.82) is 0 Å². The van der Waals surface area contributed by atoms with Gasteiger partial charge < -0.3 is 4.57 Å². The summed E-state index contributed by atoms with van der Waals surface area (Å²) in [6, 6.07) is 10.3. The number of unbranched alkanes of at least 4 members (excludes halogenated alkanes) is 1. The van der Waals surface area contributed by atoms with Crippen LogP contribution in [0.15, 0.2) is 68.0 Å². The van der Waals surface area contributed by atoms with E-state index in [0.717, 1.165) is 31.5 Å². The third-order valence-electron chi connectivity index (χ3n) is 3.75. The second kappa shape index (κ2) is 6.89. The minimum atomic E-state index is 1.02. The van der Waals surface area contributed by atoms with Crippen molar-refractivity contribution < 1.29 is 0 Å². The molecule has 3 aromatic rings. The molecule has 1 aromatic carbocycles. The minimum absolute atomic E-state index is 1.02. The number of rotatable bonds is 7. The Morgan fingerprint density at radius 1 is 1.05 bits per heavy atom. The van der Waals surface area contributed by atoms with Crippen LogP contribution in [0, 0.1) is 0 Å². The van der Waals surface area contributed by atoms with Crippen molar-refractivity contribution in [3.05, 3.63) is 73.6 Å². The van der Waals surface area contributed by atoms with Crippen molar-refractivity contribution in [3.63, 3.8) is 0 Å². The van der Waals surface area contributed by atoms with Crippen molar-refractivity contribution in [2.45, 2.75) is 25.8 Å². The topological polar surface area (TPSA) is 35.6 Å². The molecule has 0 saturated heterocycles. The van der Waals surface area contributed by atoms with Crippen molar-refractivity contribution >= 4 is 5.57 Å². The Hall–Kier alpha value is -2.62. The molecule has 0 aliphatic heterocycles. The van der Waals surface area contributed by atoms with Gasteiger partial charge in [0.05, 0.1) is 12.0 Å². The molecule has 0 unspecified atom stereocenters. The lowest BCUT2D eigenvalue weighted by Crippen LogP contribution is -1.95. The fraction of sp³-hybridized carbons (Fsp3) is 0.222. The van der Waals surface area contributed by atoms with Gasteiger partial charge in [-0.15, -0.1) is 0 Å². The van der Waals surface area contributed by atoms with E-state index in [4.69, 9.17) is 0 Å². The summed E-state index contributed by atoms with van der Waals surface area (Å²) in [5.74, 6) is 0. The number of allylic oxidation sites excluding steroid dienone is 1. The minimum Gasteiger partial charge on any atom is -0.337 e. The second-order valence-electron chi connectivity index (χ2n) is 5.36. The Kier molecular flexibility index (Phi) is 4.49. The van der Waals surface area contributed by atoms with E-state index in [1.54, 1.807) is 6.20 Å². The van der Waals surface area contributed by atoms with Gasteiger partial charge in [-0.25, -0.2) is 9.67 Å². The van der Waals surface area contributed by atoms with E-state index >= 15 is 0 Å². The zero-order valence-electron chi connectivity index (χ0n) is 12.6. The molecule has 2 heterocycles. The Morgan fingerprint density at radius 2 is 1.91 bits per heavy atom. The quantitative estimate of drug-likeness (QED) is 0.618. The molecule has 0 aliphatic rings. The molecule has 0 N–H and O–H groups in total. The van der Waals surface area contributed by atoms with Gasteiger partial charge in [-0.3, -0.25) is 0 Å². The molecule has 0 amide bonds. The SMILES string of the molecule is C=C(CCCCn1ccnc1)c1ccc(-n2cccn2)cc1. The van der Waals surface area contributed by atoms with Crippen molar-refractivity contribution in [3.8, 4) is 5.69 Å². The summed E-state index contributed by atoms with van der Waals surface area (Å²) in [5, 5.41) is 4.23. The van der Waals surface area contributed by atoms with E-state index in [1.807, 2.05) is 35.7 Å². The maximum atomic E-state index is 4.23. The smallest absolute Gasteiger partial charge is 0.0945 e. The second-order valence-corrected chi connectivity index (χ2v) is 5.36. The third kappa shape index (κ3) is 3.52. The van der Waals surface area contributed by atoms with Gasteiger partial charge in [0.1, 0.15) is 0 Å². The maximum absolute atomic E-state index is 4.23. The van der Waals surface area contributed by atoms with Crippen molar-refractivity contribution in [1.82, 2.24) is 19.3 Å². The molecule has 4 nitrogen and oxygen atoms in total. The maximum Gasteiger partial charge on any atom is 0.0945 e. The van der Waals surface area contributed by atoms with Gasteiger partial charge in [0, 0.05) is 31.3 Å². The number of hydrogen-bond acceptors (Lipinski definition) is 2. The van der Waals surface area contributed by atoms with Gasteiger partial charge in [0.25, 0.3) is 0 Å². The number of hydrogen-bond donors (Lipinski definition) is 0. The molecule has 0 radical (unpaired) electrons. The van der Waals surface area contributed by atoms with Crippen LogP contribution in [0.25, 0.3) is 11.3 Å². The molecule has 3 rings (SSSR count). The highest BCUT2D eigenvalue weighted by Crippen LogP contribution is 2.20. The highest BCUT2D eigenvalue weighted by Gasteiger charge is 2.01. The fourth-order valence-electron chi connectivity index (χ4n) is 2.47. The van der Waals surface area contributed by atoms with Crippen LogP contribution in [0.3, 0.4) is 0 Å². The van der Waals surface area contributed by atoms with Crippen LogP contribution >= 0.6 is 0 Å². The summed E-state index contributed by atoms with van der Waals surface area (Å²) >= 11 is 0. The molecule has 4 heteroatoms. The van der Waals surface area contributed by atoms with Gasteiger partial charge >= 0.3 is 0 Å². The van der Waals surface area contributed by atoms with Crippen LogP contribution in [0.1, 0.15) is 24.8 Å². The average molecular weight is 292 g/mol. The van der Waals surface area contributed by atoms with E-state index in [1.165, 1.54) is 11.1 Å². The highest BCUT2D eigenvalue weighted by molar-refractivity contribution is 5.64. The van der Waals surface area contributed by atoms with Gasteiger partial charge in [0.2, 0.25) is 0 Å². The molecule has 2 aromatic heterocycles. The first kappa shape index (κ1) is 14.3. The molecule has 0 bridgehead atoms. The summed E-state index contributed by atoms with van der Waals surface area (Å²) in [5.41, 5.74) is 3.47. The fourth-order valence-corrected chi connectivity index (χ4v) is 2.47. The van der Waals surface area contributed by atoms with E-state index in [2.05, 4.69) is 45.5 Å². The molecule has 22 heavy (non-hydrogen) atoms. The van der Waals surface area contributed by atoms with E-state index in [9.17, 15) is 0 Å². The summed E-state index contributed by atoms with van der Waals surface area (Å²) in [7, 11) is 0. The lowest BCUT2D eigenvalue weighted by atomic mass is 10.0. The summed E-state index contributed by atoms with van der Waals surface area (Å²) < 4.78 is 3.97. The first-order chi connectivity index (χ1) is 10.8. The first-order valence-electron chi connectivity index (χ1n) is 7.57. The summed E-state index contributed by atoms with van der Waals surface area (Å²) in [4.78, 5) is 4.05. The Balaban J connectivity index is 1.49. The lowest BCUT2D eigenvalue weighted by molar-refractivity contribution is 0.616. The molecule has 0 aliphatic carbocycles. The number of benzene rings is 1. The molecule has 0 spiro atoms. The molecular formula is C18H20N4. The average Bonchev–Trinajstić information content (AvgIpc) is 3.25. The van der Waals surface area contributed by atoms with Crippen molar-refractivity contribution in [2.75, 3.05) is 0 Å². The molecule has 0 fully saturated rings. The van der Waals surface area contributed by atoms with Crippen LogP contribution in [0.4, 0.5) is 0 Å². The monoisotopic (exact) mass is 292 g/mol. The Morgan fingerprint density at radius 3 is 2.59 bits per heavy atom. The zero-order chi connectivity index (χ0) is 15.2. The molecule has 0 saturated carbocycles. The van der Waals surface area contributed by atoms with Crippen LogP contribution in [-0.2, 0) is 6.54 Å². The summed E-state index contributed by atoms with van der Waals surface area (Å²) in [6.07, 6.45) is 12.7. The predicted octanol–water partition coefficient (Wildman–Crippen LogP) is 3.95. The number of imidazole rings is 1. The number of nitrogens with zero attached hydrogens (tertiary/aromatic N) is 4. The highest BCUT2D eigenvalue weighted by atomic mass is 15.3. The van der Waals surface area contributed by atoms with Crippen LogP contribution in [-0.4, -0.2) is 19.3 Å². The summed E-state index contributed by atoms with van der Waals surface area (Å²) in [6.45, 7) is 5.23. The number of aromatic nitrogens is 4. The van der Waals surface area contributed by atoms with E-state index < -0.39 is 0 Å². The van der Waals surface area contributed by atoms with Crippen molar-refractivity contribution in [2.24, 2.45) is 0 Å². The van der Waals surface area contributed by atoms with Crippen LogP contribution in [0.2, 0.25) is 0 Å². The predicted molar refractivity (Wildman–Crippen MR) is 88.7 cm³/mol. The van der Waals surface area contributed by atoms with Gasteiger partial charge in [0.15, 0.2) is 0 Å². The zero-order valence-corrected chi connectivity index (χ0v) is 12.6. The standard InChI is InChI=1S/C18H20N4/c1-16(5-2-3-12-21-14-11-19-15-21)17-6-8-18(9-7-17)22-13-4-10-20-22/h4,6-11,13-15H,1-3,5,12H2. The Bertz CT molecular complexity index is 694. The van der Waals surface area contributed by atoms with Crippen LogP contribution < -0.4 is 0 Å². The third-order valence-corrected chi connectivity index (χ3v) is 3.75. The van der Waals surface area contributed by atoms with Gasteiger partial charge in [-0.2, -0.15) is 5.10 Å². The Labute approximate surface area is 130 Å². The van der Waals surface area contributed by atoms with E-state index in [0.29, 0.717) is 0 Å². The normalized spacial score (nSPS) is 10.7.